The highest BCUT2D eigenvalue weighted by Gasteiger charge is 2.46. The van der Waals surface area contributed by atoms with Gasteiger partial charge in [-0.05, 0) is 42.0 Å². The predicted octanol–water partition coefficient (Wildman–Crippen LogP) is 7.43. The van der Waals surface area contributed by atoms with Crippen molar-refractivity contribution in [3.8, 4) is 0 Å². The van der Waals surface area contributed by atoms with E-state index in [2.05, 4.69) is 71.9 Å². The number of esters is 1. The number of hydrogen-bond donors (Lipinski definition) is 0. The van der Waals surface area contributed by atoms with Gasteiger partial charge in [-0.25, -0.2) is 0 Å². The second kappa shape index (κ2) is 12.4. The molecule has 0 bridgehead atoms. The molecule has 3 nitrogen and oxygen atoms in total. The van der Waals surface area contributed by atoms with E-state index in [-0.39, 0.29) is 12.1 Å². The minimum atomic E-state index is -1.94. The molecule has 1 atom stereocenters. The maximum atomic E-state index is 11.5. The monoisotopic (exact) mass is 406 g/mol. The van der Waals surface area contributed by atoms with Crippen molar-refractivity contribution in [2.75, 3.05) is 6.61 Å². The van der Waals surface area contributed by atoms with Crippen molar-refractivity contribution in [1.29, 1.82) is 0 Å². The van der Waals surface area contributed by atoms with Crippen molar-refractivity contribution >= 4 is 14.3 Å². The molecule has 0 aromatic heterocycles. The lowest BCUT2D eigenvalue weighted by molar-refractivity contribution is -0.143. The summed E-state index contributed by atoms with van der Waals surface area (Å²) in [5.74, 6) is -0.0794. The fraction of sp³-hybridized carbons (Fsp3) is 0.708. The van der Waals surface area contributed by atoms with Gasteiger partial charge in [0.25, 0.3) is 0 Å². The van der Waals surface area contributed by atoms with E-state index in [1.807, 2.05) is 6.92 Å². The van der Waals surface area contributed by atoms with Gasteiger partial charge < -0.3 is 9.16 Å². The Balaban J connectivity index is 2.85. The molecule has 28 heavy (non-hydrogen) atoms. The van der Waals surface area contributed by atoms with Crippen LogP contribution in [0.1, 0.15) is 92.2 Å². The van der Waals surface area contributed by atoms with Crippen molar-refractivity contribution in [2.24, 2.45) is 0 Å². The minimum Gasteiger partial charge on any atom is -0.466 e. The molecule has 4 heteroatoms. The zero-order chi connectivity index (χ0) is 21.2. The number of unbranched alkanes of at least 4 members (excludes halogenated alkanes) is 2. The first-order valence-electron chi connectivity index (χ1n) is 11.1. The minimum absolute atomic E-state index is 0.0794. The molecule has 1 aromatic rings. The Bertz CT molecular complexity index is 532. The topological polar surface area (TPSA) is 35.5 Å². The number of benzene rings is 1. The van der Waals surface area contributed by atoms with Crippen LogP contribution in [0.15, 0.2) is 30.3 Å². The third-order valence-corrected chi connectivity index (χ3v) is 12.0. The molecule has 0 aliphatic heterocycles. The number of hydrogen-bond acceptors (Lipinski definition) is 3. The van der Waals surface area contributed by atoms with Crippen LogP contribution in [0.5, 0.6) is 0 Å². The van der Waals surface area contributed by atoms with E-state index >= 15 is 0 Å². The van der Waals surface area contributed by atoms with Crippen LogP contribution in [0, 0.1) is 0 Å². The van der Waals surface area contributed by atoms with Gasteiger partial charge in [-0.1, -0.05) is 84.7 Å². The normalized spacial score (nSPS) is 13.4. The summed E-state index contributed by atoms with van der Waals surface area (Å²) in [6, 6.07) is 10.7. The van der Waals surface area contributed by atoms with Crippen LogP contribution in [0.3, 0.4) is 0 Å². The number of ether oxygens (including phenoxy) is 1. The first-order chi connectivity index (χ1) is 13.3. The number of carbonyl (C=O) groups excluding carboxylic acids is 1. The fourth-order valence-electron chi connectivity index (χ4n) is 4.62. The van der Waals surface area contributed by atoms with Gasteiger partial charge in [0.2, 0.25) is 8.32 Å². The second-order valence-electron chi connectivity index (χ2n) is 8.74. The zero-order valence-corrected chi connectivity index (χ0v) is 20.2. The molecular weight excluding hydrogens is 364 g/mol. The van der Waals surface area contributed by atoms with Gasteiger partial charge >= 0.3 is 5.97 Å². The summed E-state index contributed by atoms with van der Waals surface area (Å²) in [5, 5.41) is 0. The molecule has 1 unspecified atom stereocenters. The molecule has 0 aliphatic carbocycles. The Morgan fingerprint density at radius 1 is 0.893 bits per heavy atom. The summed E-state index contributed by atoms with van der Waals surface area (Å²) in [6.45, 7) is 16.4. The zero-order valence-electron chi connectivity index (χ0n) is 19.2. The summed E-state index contributed by atoms with van der Waals surface area (Å²) in [5.41, 5.74) is 3.00. The summed E-state index contributed by atoms with van der Waals surface area (Å²) < 4.78 is 12.1. The van der Waals surface area contributed by atoms with Gasteiger partial charge in [-0.3, -0.25) is 4.79 Å². The van der Waals surface area contributed by atoms with Crippen molar-refractivity contribution < 1.29 is 14.0 Å². The summed E-state index contributed by atoms with van der Waals surface area (Å²) in [6.07, 6.45) is 4.66. The highest BCUT2D eigenvalue weighted by Crippen LogP contribution is 2.46. The highest BCUT2D eigenvalue weighted by atomic mass is 28.4. The van der Waals surface area contributed by atoms with Crippen molar-refractivity contribution in [3.63, 3.8) is 0 Å². The van der Waals surface area contributed by atoms with E-state index in [9.17, 15) is 4.79 Å². The number of rotatable bonds is 13. The summed E-state index contributed by atoms with van der Waals surface area (Å²) in [7, 11) is -1.94. The SMILES string of the molecule is CCOC(=O)CCCCCC(O[Si](C(C)C)(C(C)C)C(C)C)c1ccccc1. The third kappa shape index (κ3) is 7.04. The van der Waals surface area contributed by atoms with Gasteiger partial charge in [0.05, 0.1) is 12.7 Å². The maximum absolute atomic E-state index is 11.5. The van der Waals surface area contributed by atoms with E-state index in [1.54, 1.807) is 0 Å². The van der Waals surface area contributed by atoms with Gasteiger partial charge in [0.1, 0.15) is 0 Å². The van der Waals surface area contributed by atoms with E-state index in [0.29, 0.717) is 29.7 Å². The van der Waals surface area contributed by atoms with Crippen LogP contribution >= 0.6 is 0 Å². The lowest BCUT2D eigenvalue weighted by Crippen LogP contribution is -2.48. The van der Waals surface area contributed by atoms with E-state index < -0.39 is 8.32 Å². The molecule has 0 aliphatic rings. The summed E-state index contributed by atoms with van der Waals surface area (Å²) in [4.78, 5) is 11.5. The standard InChI is InChI=1S/C24H42O3Si/c1-8-26-24(25)18-14-10-13-17-23(22-15-11-9-12-16-22)27-28(19(2)3,20(4)5)21(6)7/h9,11-12,15-16,19-21,23H,8,10,13-14,17-18H2,1-7H3. The smallest absolute Gasteiger partial charge is 0.305 e. The van der Waals surface area contributed by atoms with Crippen LogP contribution in [0.25, 0.3) is 0 Å². The van der Waals surface area contributed by atoms with Gasteiger partial charge in [0.15, 0.2) is 0 Å². The largest absolute Gasteiger partial charge is 0.466 e. The lowest BCUT2D eigenvalue weighted by Gasteiger charge is -2.45. The van der Waals surface area contributed by atoms with Gasteiger partial charge in [-0.15, -0.1) is 0 Å². The molecule has 0 saturated heterocycles. The molecule has 1 rings (SSSR count). The molecule has 160 valence electrons. The molecule has 1 aromatic carbocycles. The van der Waals surface area contributed by atoms with Crippen molar-refractivity contribution in [2.45, 2.75) is 103 Å². The first kappa shape index (κ1) is 24.9. The maximum Gasteiger partial charge on any atom is 0.305 e. The van der Waals surface area contributed by atoms with Gasteiger partial charge in [-0.2, -0.15) is 0 Å². The van der Waals surface area contributed by atoms with Crippen molar-refractivity contribution in [3.05, 3.63) is 35.9 Å². The average Bonchev–Trinajstić information content (AvgIpc) is 2.64. The second-order valence-corrected chi connectivity index (χ2v) is 14.1. The van der Waals surface area contributed by atoms with Crippen molar-refractivity contribution in [1.82, 2.24) is 0 Å². The quantitative estimate of drug-likeness (QED) is 0.194. The number of carbonyl (C=O) groups is 1. The molecule has 0 spiro atoms. The van der Waals surface area contributed by atoms with Crippen LogP contribution in [-0.4, -0.2) is 20.9 Å². The molecule has 0 radical (unpaired) electrons. The predicted molar refractivity (Wildman–Crippen MR) is 121 cm³/mol. The van der Waals surface area contributed by atoms with E-state index in [0.717, 1.165) is 25.7 Å². The van der Waals surface area contributed by atoms with E-state index in [1.165, 1.54) is 5.56 Å². The molecule has 0 saturated carbocycles. The Morgan fingerprint density at radius 2 is 1.46 bits per heavy atom. The van der Waals surface area contributed by atoms with Crippen LogP contribution in [-0.2, 0) is 14.0 Å². The van der Waals surface area contributed by atoms with Crippen LogP contribution in [0.2, 0.25) is 16.6 Å². The van der Waals surface area contributed by atoms with Crippen LogP contribution in [0.4, 0.5) is 0 Å². The summed E-state index contributed by atoms with van der Waals surface area (Å²) >= 11 is 0. The first-order valence-corrected chi connectivity index (χ1v) is 13.3. The Morgan fingerprint density at radius 3 is 1.96 bits per heavy atom. The highest BCUT2D eigenvalue weighted by molar-refractivity contribution is 6.77. The third-order valence-electron chi connectivity index (χ3n) is 5.88. The molecule has 0 heterocycles. The van der Waals surface area contributed by atoms with E-state index in [4.69, 9.17) is 9.16 Å². The Labute approximate surface area is 174 Å². The molecule has 0 amide bonds. The fourth-order valence-corrected chi connectivity index (χ4v) is 10.2. The molecule has 0 fully saturated rings. The average molecular weight is 407 g/mol. The molecular formula is C24H42O3Si. The Kier molecular flexibility index (Phi) is 11.1. The lowest BCUT2D eigenvalue weighted by atomic mass is 10.0. The van der Waals surface area contributed by atoms with Crippen LogP contribution < -0.4 is 0 Å². The molecule has 0 N–H and O–H groups in total. The van der Waals surface area contributed by atoms with Gasteiger partial charge in [0, 0.05) is 6.42 Å². The Hall–Kier alpha value is -1.13.